The van der Waals surface area contributed by atoms with Crippen molar-refractivity contribution in [3.05, 3.63) is 35.1 Å². The number of nitrogens with zero attached hydrogens (tertiary/aromatic N) is 1. The Labute approximate surface area is 130 Å². The maximum absolute atomic E-state index is 13.5. The Kier molecular flexibility index (Phi) is 4.89. The van der Waals surface area contributed by atoms with Crippen LogP contribution in [0.3, 0.4) is 0 Å². The summed E-state index contributed by atoms with van der Waals surface area (Å²) in [4.78, 5) is 13.7. The van der Waals surface area contributed by atoms with Crippen LogP contribution < -0.4 is 0 Å². The monoisotopic (exact) mass is 313 g/mol. The van der Waals surface area contributed by atoms with Crippen LogP contribution in [0.15, 0.2) is 18.2 Å². The minimum Gasteiger partial charge on any atom is -0.375 e. The highest BCUT2D eigenvalue weighted by Gasteiger charge is 2.41. The predicted octanol–water partition coefficient (Wildman–Crippen LogP) is 2.70. The van der Waals surface area contributed by atoms with Gasteiger partial charge in [-0.2, -0.15) is 0 Å². The first kappa shape index (κ1) is 16.2. The molecule has 21 heavy (non-hydrogen) atoms. The van der Waals surface area contributed by atoms with Crippen LogP contribution in [0.2, 0.25) is 0 Å². The first-order valence-corrected chi connectivity index (χ1v) is 7.20. The Morgan fingerprint density at radius 3 is 2.71 bits per heavy atom. The number of aryl methyl sites for hydroxylation is 1. The molecule has 116 valence electrons. The molecule has 0 saturated carbocycles. The minimum absolute atomic E-state index is 0. The molecule has 1 saturated heterocycles. The Morgan fingerprint density at radius 1 is 1.33 bits per heavy atom. The molecular formula is C16H21ClFNO2. The number of likely N-dealkylation sites (tertiary alicyclic amines) is 1. The number of rotatable bonds is 2. The van der Waals surface area contributed by atoms with E-state index in [0.717, 1.165) is 38.8 Å². The van der Waals surface area contributed by atoms with E-state index in [1.807, 2.05) is 11.0 Å². The second-order valence-electron chi connectivity index (χ2n) is 5.90. The number of hydrogen-bond acceptors (Lipinski definition) is 2. The van der Waals surface area contributed by atoms with Gasteiger partial charge in [-0.25, -0.2) is 4.39 Å². The van der Waals surface area contributed by atoms with E-state index in [9.17, 15) is 9.18 Å². The van der Waals surface area contributed by atoms with Crippen molar-refractivity contribution in [2.24, 2.45) is 0 Å². The van der Waals surface area contributed by atoms with Crippen molar-refractivity contribution < 1.29 is 13.9 Å². The van der Waals surface area contributed by atoms with Gasteiger partial charge in [0.05, 0.1) is 0 Å². The molecule has 0 radical (unpaired) electrons. The molecule has 0 unspecified atom stereocenters. The van der Waals surface area contributed by atoms with Crippen LogP contribution in [-0.2, 0) is 21.4 Å². The summed E-state index contributed by atoms with van der Waals surface area (Å²) < 4.78 is 18.4. The summed E-state index contributed by atoms with van der Waals surface area (Å²) in [6, 6.07) is 5.17. The van der Waals surface area contributed by atoms with Crippen molar-refractivity contribution >= 4 is 18.3 Å². The lowest BCUT2D eigenvalue weighted by Gasteiger charge is -2.40. The van der Waals surface area contributed by atoms with Gasteiger partial charge in [-0.05, 0) is 54.4 Å². The van der Waals surface area contributed by atoms with Crippen molar-refractivity contribution in [3.8, 4) is 0 Å². The highest BCUT2D eigenvalue weighted by Crippen LogP contribution is 2.46. The minimum atomic E-state index is -0.150. The van der Waals surface area contributed by atoms with Crippen molar-refractivity contribution in [1.82, 2.24) is 4.90 Å². The summed E-state index contributed by atoms with van der Waals surface area (Å²) in [6.07, 6.45) is 3.97. The van der Waals surface area contributed by atoms with Crippen molar-refractivity contribution in [2.45, 2.75) is 31.1 Å². The highest BCUT2D eigenvalue weighted by molar-refractivity contribution is 5.85. The lowest BCUT2D eigenvalue weighted by Crippen LogP contribution is -2.45. The third kappa shape index (κ3) is 2.92. The fraction of sp³-hybridized carbons (Fsp3) is 0.562. The smallest absolute Gasteiger partial charge is 0.248 e. The van der Waals surface area contributed by atoms with Crippen LogP contribution in [0.1, 0.15) is 30.4 Å². The molecule has 2 aliphatic rings. The number of fused-ring (bicyclic) bond motifs is 2. The number of carbonyl (C=O) groups is 1. The van der Waals surface area contributed by atoms with Gasteiger partial charge in [0.1, 0.15) is 12.4 Å². The Morgan fingerprint density at radius 2 is 2.05 bits per heavy atom. The summed E-state index contributed by atoms with van der Waals surface area (Å²) in [5, 5.41) is 0. The molecule has 1 amide bonds. The van der Waals surface area contributed by atoms with E-state index >= 15 is 0 Å². The summed E-state index contributed by atoms with van der Waals surface area (Å²) >= 11 is 0. The Hall–Kier alpha value is -1.13. The largest absolute Gasteiger partial charge is 0.375 e. The van der Waals surface area contributed by atoms with Crippen molar-refractivity contribution in [2.75, 3.05) is 26.8 Å². The molecule has 1 aliphatic carbocycles. The topological polar surface area (TPSA) is 29.5 Å². The van der Waals surface area contributed by atoms with E-state index in [1.165, 1.54) is 11.1 Å². The lowest BCUT2D eigenvalue weighted by molar-refractivity contribution is -0.136. The third-order valence-corrected chi connectivity index (χ3v) is 4.86. The third-order valence-electron chi connectivity index (χ3n) is 4.86. The second kappa shape index (κ2) is 6.32. The van der Waals surface area contributed by atoms with Gasteiger partial charge in [-0.1, -0.05) is 6.07 Å². The molecule has 1 aliphatic heterocycles. The zero-order chi connectivity index (χ0) is 14.2. The molecule has 5 heteroatoms. The molecule has 1 aromatic carbocycles. The average molecular weight is 314 g/mol. The normalized spacial score (nSPS) is 19.2. The Bertz CT molecular complexity index is 527. The molecule has 0 N–H and O–H groups in total. The van der Waals surface area contributed by atoms with E-state index in [2.05, 4.69) is 0 Å². The van der Waals surface area contributed by atoms with Crippen LogP contribution in [-0.4, -0.2) is 37.6 Å². The number of benzene rings is 1. The second-order valence-corrected chi connectivity index (χ2v) is 5.90. The van der Waals surface area contributed by atoms with Gasteiger partial charge in [-0.15, -0.1) is 12.4 Å². The molecule has 0 bridgehead atoms. The van der Waals surface area contributed by atoms with Crippen LogP contribution in [0.25, 0.3) is 0 Å². The van der Waals surface area contributed by atoms with Crippen LogP contribution >= 0.6 is 12.4 Å². The predicted molar refractivity (Wildman–Crippen MR) is 81.3 cm³/mol. The van der Waals surface area contributed by atoms with Gasteiger partial charge in [0.2, 0.25) is 5.91 Å². The quantitative estimate of drug-likeness (QED) is 0.840. The lowest BCUT2D eigenvalue weighted by atomic mass is 9.74. The number of amides is 1. The number of methoxy groups -OCH3 is 1. The number of hydrogen-bond donors (Lipinski definition) is 0. The molecule has 0 atom stereocenters. The van der Waals surface area contributed by atoms with Gasteiger partial charge in [0.15, 0.2) is 0 Å². The molecule has 0 aromatic heterocycles. The first-order valence-electron chi connectivity index (χ1n) is 7.20. The molecule has 1 heterocycles. The fourth-order valence-electron chi connectivity index (χ4n) is 3.69. The van der Waals surface area contributed by atoms with E-state index in [-0.39, 0.29) is 36.2 Å². The van der Waals surface area contributed by atoms with Gasteiger partial charge < -0.3 is 9.64 Å². The molecule has 1 spiro atoms. The SMILES string of the molecule is COCC(=O)N1CCC2(CCc3ccc(F)cc32)CC1.Cl. The zero-order valence-electron chi connectivity index (χ0n) is 12.2. The number of piperidine rings is 1. The van der Waals surface area contributed by atoms with E-state index in [1.54, 1.807) is 19.2 Å². The van der Waals surface area contributed by atoms with E-state index in [4.69, 9.17) is 4.74 Å². The van der Waals surface area contributed by atoms with Crippen LogP contribution in [0.4, 0.5) is 4.39 Å². The standard InChI is InChI=1S/C16H20FNO2.ClH/c1-20-11-15(19)18-8-6-16(7-9-18)5-4-12-2-3-13(17)10-14(12)16;/h2-3,10H,4-9,11H2,1H3;1H. The van der Waals surface area contributed by atoms with Gasteiger partial charge in [-0.3, -0.25) is 4.79 Å². The maximum Gasteiger partial charge on any atom is 0.248 e. The van der Waals surface area contributed by atoms with Crippen LogP contribution in [0, 0.1) is 5.82 Å². The zero-order valence-corrected chi connectivity index (χ0v) is 13.0. The molecule has 3 nitrogen and oxygen atoms in total. The maximum atomic E-state index is 13.5. The average Bonchev–Trinajstić information content (AvgIpc) is 2.78. The summed E-state index contributed by atoms with van der Waals surface area (Å²) in [7, 11) is 1.54. The molecule has 1 fully saturated rings. The highest BCUT2D eigenvalue weighted by atomic mass is 35.5. The van der Waals surface area contributed by atoms with Gasteiger partial charge in [0.25, 0.3) is 0 Å². The van der Waals surface area contributed by atoms with Crippen molar-refractivity contribution in [3.63, 3.8) is 0 Å². The van der Waals surface area contributed by atoms with Crippen LogP contribution in [0.5, 0.6) is 0 Å². The van der Waals surface area contributed by atoms with E-state index in [0.29, 0.717) is 0 Å². The van der Waals surface area contributed by atoms with Gasteiger partial charge >= 0.3 is 0 Å². The van der Waals surface area contributed by atoms with E-state index < -0.39 is 0 Å². The summed E-state index contributed by atoms with van der Waals surface area (Å²) in [5.74, 6) is -0.0947. The molecular weight excluding hydrogens is 293 g/mol. The number of halogens is 2. The molecule has 3 rings (SSSR count). The van der Waals surface area contributed by atoms with Crippen molar-refractivity contribution in [1.29, 1.82) is 0 Å². The molecule has 1 aromatic rings. The Balaban J connectivity index is 0.00000161. The number of carbonyl (C=O) groups excluding carboxylic acids is 1. The summed E-state index contributed by atoms with van der Waals surface area (Å²) in [5.41, 5.74) is 2.54. The fourth-order valence-corrected chi connectivity index (χ4v) is 3.69. The van der Waals surface area contributed by atoms with Gasteiger partial charge in [0, 0.05) is 20.2 Å². The summed E-state index contributed by atoms with van der Waals surface area (Å²) in [6.45, 7) is 1.65. The number of ether oxygens (including phenoxy) is 1. The first-order chi connectivity index (χ1) is 9.64.